The zero-order valence-electron chi connectivity index (χ0n) is 29.9. The monoisotopic (exact) mass is 724 g/mol. The quantitative estimate of drug-likeness (QED) is 0.147. The largest absolute Gasteiger partial charge is 0.354 e. The second-order valence-electron chi connectivity index (χ2n) is 13.3. The van der Waals surface area contributed by atoms with E-state index < -0.39 is 0 Å². The Labute approximate surface area is 325 Å². The van der Waals surface area contributed by atoms with Crippen molar-refractivity contribution in [3.63, 3.8) is 0 Å². The lowest BCUT2D eigenvalue weighted by Crippen LogP contribution is -1.94. The van der Waals surface area contributed by atoms with Gasteiger partial charge < -0.3 is 10.6 Å². The van der Waals surface area contributed by atoms with E-state index in [4.69, 9.17) is 0 Å². The molecule has 0 aliphatic carbocycles. The SMILES string of the molecule is c1ccc(-c2cccc(-c3ccc(-c4ccc(-c5ccc(-c6cccc(-c7ccccc7)c6)cc5Nc5cccnc5)s4)c(Nc4cccnc4)c3)c2)cc1. The third kappa shape index (κ3) is 7.56. The van der Waals surface area contributed by atoms with Crippen molar-refractivity contribution < 1.29 is 0 Å². The predicted octanol–water partition coefficient (Wildman–Crippen LogP) is 14.0. The van der Waals surface area contributed by atoms with Crippen LogP contribution in [0.2, 0.25) is 0 Å². The molecule has 9 aromatic rings. The number of benzene rings is 6. The zero-order valence-corrected chi connectivity index (χ0v) is 30.7. The molecule has 0 aliphatic heterocycles. The van der Waals surface area contributed by atoms with Gasteiger partial charge in [0.1, 0.15) is 0 Å². The molecule has 4 nitrogen and oxygen atoms in total. The van der Waals surface area contributed by atoms with Gasteiger partial charge in [0.15, 0.2) is 0 Å². The maximum Gasteiger partial charge on any atom is 0.0570 e. The summed E-state index contributed by atoms with van der Waals surface area (Å²) < 4.78 is 0. The van der Waals surface area contributed by atoms with Crippen LogP contribution < -0.4 is 10.6 Å². The fourth-order valence-electron chi connectivity index (χ4n) is 6.91. The predicted molar refractivity (Wildman–Crippen MR) is 232 cm³/mol. The Balaban J connectivity index is 1.10. The first kappa shape index (κ1) is 33.7. The van der Waals surface area contributed by atoms with Crippen LogP contribution in [0.5, 0.6) is 0 Å². The average molecular weight is 725 g/mol. The molecule has 0 spiro atoms. The molecule has 3 heterocycles. The van der Waals surface area contributed by atoms with E-state index in [1.54, 1.807) is 23.7 Å². The van der Waals surface area contributed by atoms with E-state index in [1.807, 2.05) is 36.7 Å². The summed E-state index contributed by atoms with van der Waals surface area (Å²) in [6.45, 7) is 0. The van der Waals surface area contributed by atoms with E-state index in [1.165, 1.54) is 22.3 Å². The molecule has 5 heteroatoms. The molecule has 3 aromatic heterocycles. The van der Waals surface area contributed by atoms with Crippen molar-refractivity contribution in [2.45, 2.75) is 0 Å². The van der Waals surface area contributed by atoms with Gasteiger partial charge in [-0.1, -0.05) is 121 Å². The van der Waals surface area contributed by atoms with Crippen LogP contribution >= 0.6 is 11.3 Å². The number of hydrogen-bond acceptors (Lipinski definition) is 5. The van der Waals surface area contributed by atoms with Gasteiger partial charge in [0.25, 0.3) is 0 Å². The summed E-state index contributed by atoms with van der Waals surface area (Å²) in [5.41, 5.74) is 15.5. The highest BCUT2D eigenvalue weighted by molar-refractivity contribution is 7.19. The number of hydrogen-bond donors (Lipinski definition) is 2. The van der Waals surface area contributed by atoms with Crippen LogP contribution in [0.4, 0.5) is 22.7 Å². The molecule has 0 amide bonds. The Hall–Kier alpha value is -7.08. The molecular weight excluding hydrogens is 689 g/mol. The lowest BCUT2D eigenvalue weighted by atomic mass is 9.97. The summed E-state index contributed by atoms with van der Waals surface area (Å²) in [4.78, 5) is 11.1. The van der Waals surface area contributed by atoms with Crippen molar-refractivity contribution in [3.05, 3.63) is 207 Å². The molecule has 0 aliphatic rings. The Kier molecular flexibility index (Phi) is 9.50. The van der Waals surface area contributed by atoms with Gasteiger partial charge >= 0.3 is 0 Å². The first-order valence-corrected chi connectivity index (χ1v) is 19.1. The molecular formula is C50H36N4S. The Morgan fingerprint density at radius 2 is 0.727 bits per heavy atom. The van der Waals surface area contributed by atoms with Crippen molar-refractivity contribution in [1.82, 2.24) is 9.97 Å². The van der Waals surface area contributed by atoms with Crippen LogP contribution in [0.25, 0.3) is 65.4 Å². The third-order valence-corrected chi connectivity index (χ3v) is 10.8. The molecule has 0 radical (unpaired) electrons. The Bertz CT molecular complexity index is 2510. The standard InChI is InChI=1S/C50H36N4S/c1-3-11-35(12-4-1)37-15-7-17-39(29-37)41-21-23-45(47(31-41)53-43-19-9-27-51-33-43)49-25-26-50(55-49)46-24-22-42(32-48(46)54-44-20-10-28-52-34-44)40-18-8-16-38(30-40)36-13-5-2-6-14-36/h1-34,53-54H. The molecule has 0 saturated heterocycles. The number of thiophene rings is 1. The van der Waals surface area contributed by atoms with Gasteiger partial charge in [0.2, 0.25) is 0 Å². The number of pyridine rings is 2. The number of nitrogens with one attached hydrogen (secondary N) is 2. The summed E-state index contributed by atoms with van der Waals surface area (Å²) in [5.74, 6) is 0. The Morgan fingerprint density at radius 3 is 1.15 bits per heavy atom. The maximum atomic E-state index is 4.37. The average Bonchev–Trinajstić information content (AvgIpc) is 3.75. The van der Waals surface area contributed by atoms with Gasteiger partial charge in [-0.3, -0.25) is 9.97 Å². The molecule has 262 valence electrons. The van der Waals surface area contributed by atoms with E-state index in [9.17, 15) is 0 Å². The first-order chi connectivity index (χ1) is 27.2. The summed E-state index contributed by atoms with van der Waals surface area (Å²) in [6, 6.07) is 64.4. The lowest BCUT2D eigenvalue weighted by Gasteiger charge is -2.15. The van der Waals surface area contributed by atoms with E-state index in [0.717, 1.165) is 65.9 Å². The van der Waals surface area contributed by atoms with E-state index in [0.29, 0.717) is 0 Å². The second kappa shape index (κ2) is 15.5. The van der Waals surface area contributed by atoms with Crippen LogP contribution in [-0.4, -0.2) is 9.97 Å². The molecule has 0 fully saturated rings. The summed E-state index contributed by atoms with van der Waals surface area (Å²) in [6.07, 6.45) is 7.32. The van der Waals surface area contributed by atoms with Crippen molar-refractivity contribution in [2.75, 3.05) is 10.6 Å². The van der Waals surface area contributed by atoms with Crippen molar-refractivity contribution in [3.8, 4) is 65.4 Å². The Morgan fingerprint density at radius 1 is 0.327 bits per heavy atom. The number of anilines is 4. The highest BCUT2D eigenvalue weighted by Gasteiger charge is 2.16. The molecule has 55 heavy (non-hydrogen) atoms. The molecule has 2 N–H and O–H groups in total. The molecule has 0 unspecified atom stereocenters. The summed E-state index contributed by atoms with van der Waals surface area (Å²) in [7, 11) is 0. The molecule has 0 saturated carbocycles. The minimum absolute atomic E-state index is 0.936. The minimum Gasteiger partial charge on any atom is -0.354 e. The lowest BCUT2D eigenvalue weighted by molar-refractivity contribution is 1.32. The van der Waals surface area contributed by atoms with Crippen LogP contribution in [0.3, 0.4) is 0 Å². The first-order valence-electron chi connectivity index (χ1n) is 18.3. The molecule has 0 atom stereocenters. The van der Waals surface area contributed by atoms with Gasteiger partial charge in [-0.15, -0.1) is 11.3 Å². The topological polar surface area (TPSA) is 49.8 Å². The van der Waals surface area contributed by atoms with Crippen LogP contribution in [-0.2, 0) is 0 Å². The van der Waals surface area contributed by atoms with Gasteiger partial charge in [0, 0.05) is 44.6 Å². The van der Waals surface area contributed by atoms with Gasteiger partial charge in [0.05, 0.1) is 23.8 Å². The number of rotatable bonds is 10. The highest BCUT2D eigenvalue weighted by Crippen LogP contribution is 2.44. The molecule has 9 rings (SSSR count). The van der Waals surface area contributed by atoms with Gasteiger partial charge in [-0.05, 0) is 105 Å². The maximum absolute atomic E-state index is 4.37. The van der Waals surface area contributed by atoms with Gasteiger partial charge in [-0.2, -0.15) is 0 Å². The van der Waals surface area contributed by atoms with Crippen LogP contribution in [0.15, 0.2) is 207 Å². The zero-order chi connectivity index (χ0) is 36.8. The third-order valence-electron chi connectivity index (χ3n) is 9.66. The second-order valence-corrected chi connectivity index (χ2v) is 14.4. The van der Waals surface area contributed by atoms with E-state index in [-0.39, 0.29) is 0 Å². The van der Waals surface area contributed by atoms with Crippen molar-refractivity contribution in [2.24, 2.45) is 0 Å². The summed E-state index contributed by atoms with van der Waals surface area (Å²) >= 11 is 1.78. The normalized spacial score (nSPS) is 10.9. The van der Waals surface area contributed by atoms with E-state index in [2.05, 4.69) is 178 Å². The van der Waals surface area contributed by atoms with Gasteiger partial charge in [-0.25, -0.2) is 0 Å². The number of aromatic nitrogens is 2. The minimum atomic E-state index is 0.936. The highest BCUT2D eigenvalue weighted by atomic mass is 32.1. The smallest absolute Gasteiger partial charge is 0.0570 e. The van der Waals surface area contributed by atoms with Crippen molar-refractivity contribution in [1.29, 1.82) is 0 Å². The van der Waals surface area contributed by atoms with Crippen LogP contribution in [0, 0.1) is 0 Å². The fourth-order valence-corrected chi connectivity index (χ4v) is 8.00. The molecule has 6 aromatic carbocycles. The van der Waals surface area contributed by atoms with Crippen molar-refractivity contribution >= 4 is 34.1 Å². The fraction of sp³-hybridized carbons (Fsp3) is 0. The summed E-state index contributed by atoms with van der Waals surface area (Å²) in [5, 5.41) is 7.37. The van der Waals surface area contributed by atoms with E-state index >= 15 is 0 Å². The molecule has 0 bridgehead atoms. The van der Waals surface area contributed by atoms with Crippen LogP contribution in [0.1, 0.15) is 0 Å². The number of nitrogens with zero attached hydrogens (tertiary/aromatic N) is 2.